The number of benzene rings is 2. The lowest BCUT2D eigenvalue weighted by Gasteiger charge is -2.23. The summed E-state index contributed by atoms with van der Waals surface area (Å²) in [4.78, 5) is 23.9. The zero-order valence-electron chi connectivity index (χ0n) is 14.5. The molecule has 0 atom stereocenters. The van der Waals surface area contributed by atoms with Crippen LogP contribution in [-0.2, 0) is 5.54 Å². The molecule has 0 radical (unpaired) electrons. The largest absolute Gasteiger partial charge is 0.486 e. The Balaban J connectivity index is 1.47. The van der Waals surface area contributed by atoms with Gasteiger partial charge in [-0.1, -0.05) is 18.2 Å². The third kappa shape index (κ3) is 3.22. The number of hydrogen-bond donors (Lipinski definition) is 2. The topological polar surface area (TPSA) is 76.7 Å². The molecule has 6 heteroatoms. The molecule has 6 nitrogen and oxygen atoms in total. The Hall–Kier alpha value is -3.02. The molecule has 2 aromatic carbocycles. The number of carbonyl (C=O) groups excluding carboxylic acids is 2. The van der Waals surface area contributed by atoms with Crippen LogP contribution in [0, 0.1) is 0 Å². The van der Waals surface area contributed by atoms with Crippen molar-refractivity contribution >= 4 is 17.5 Å². The molecule has 2 amide bonds. The molecule has 0 unspecified atom stereocenters. The number of rotatable bonds is 4. The standard InChI is InChI=1S/C20H20N2O4/c1-13(23)14-3-2-4-16(11-14)21-19(24)22-20(7-8-20)15-5-6-17-18(12-15)26-10-9-25-17/h2-6,11-12H,7-10H2,1H3,(H2,21,22,24). The van der Waals surface area contributed by atoms with Gasteiger partial charge < -0.3 is 20.1 Å². The van der Waals surface area contributed by atoms with Crippen LogP contribution in [0.2, 0.25) is 0 Å². The number of carbonyl (C=O) groups is 2. The second-order valence-corrected chi connectivity index (χ2v) is 6.66. The monoisotopic (exact) mass is 352 g/mol. The molecular weight excluding hydrogens is 332 g/mol. The van der Waals surface area contributed by atoms with E-state index in [1.54, 1.807) is 24.3 Å². The van der Waals surface area contributed by atoms with Gasteiger partial charge in [-0.25, -0.2) is 4.79 Å². The van der Waals surface area contributed by atoms with E-state index >= 15 is 0 Å². The molecule has 26 heavy (non-hydrogen) atoms. The summed E-state index contributed by atoms with van der Waals surface area (Å²) in [5.74, 6) is 1.42. The van der Waals surface area contributed by atoms with E-state index in [0.717, 1.165) is 29.9 Å². The van der Waals surface area contributed by atoms with E-state index in [9.17, 15) is 9.59 Å². The third-order valence-corrected chi connectivity index (χ3v) is 4.72. The lowest BCUT2D eigenvalue weighted by atomic mass is 10.0. The SMILES string of the molecule is CC(=O)c1cccc(NC(=O)NC2(c3ccc4c(c3)OCCO4)CC2)c1. The Bertz CT molecular complexity index is 874. The Morgan fingerprint density at radius 3 is 2.50 bits per heavy atom. The molecule has 0 spiro atoms. The molecule has 1 heterocycles. The van der Waals surface area contributed by atoms with Crippen LogP contribution in [0.5, 0.6) is 11.5 Å². The molecule has 4 rings (SSSR count). The number of anilines is 1. The Morgan fingerprint density at radius 1 is 1.00 bits per heavy atom. The van der Waals surface area contributed by atoms with E-state index in [2.05, 4.69) is 10.6 Å². The van der Waals surface area contributed by atoms with Crippen LogP contribution in [0.3, 0.4) is 0 Å². The third-order valence-electron chi connectivity index (χ3n) is 4.72. The van der Waals surface area contributed by atoms with Gasteiger partial charge in [0.2, 0.25) is 0 Å². The first-order chi connectivity index (χ1) is 12.6. The van der Waals surface area contributed by atoms with Crippen LogP contribution in [0.4, 0.5) is 10.5 Å². The Morgan fingerprint density at radius 2 is 1.77 bits per heavy atom. The van der Waals surface area contributed by atoms with Gasteiger partial charge in [-0.15, -0.1) is 0 Å². The van der Waals surface area contributed by atoms with Gasteiger partial charge in [0.25, 0.3) is 0 Å². The fourth-order valence-corrected chi connectivity index (χ4v) is 3.15. The van der Waals surface area contributed by atoms with Crippen molar-refractivity contribution in [3.8, 4) is 11.5 Å². The Labute approximate surface area is 151 Å². The van der Waals surface area contributed by atoms with Crippen molar-refractivity contribution in [2.45, 2.75) is 25.3 Å². The number of hydrogen-bond acceptors (Lipinski definition) is 4. The summed E-state index contributed by atoms with van der Waals surface area (Å²) in [6.45, 7) is 2.58. The number of amides is 2. The molecule has 1 aliphatic heterocycles. The maximum Gasteiger partial charge on any atom is 0.319 e. The minimum Gasteiger partial charge on any atom is -0.486 e. The summed E-state index contributed by atoms with van der Waals surface area (Å²) in [6.07, 6.45) is 1.74. The second-order valence-electron chi connectivity index (χ2n) is 6.66. The van der Waals surface area contributed by atoms with Gasteiger partial charge in [-0.05, 0) is 49.6 Å². The van der Waals surface area contributed by atoms with Crippen molar-refractivity contribution in [3.63, 3.8) is 0 Å². The Kier molecular flexibility index (Phi) is 4.03. The first kappa shape index (κ1) is 16.4. The van der Waals surface area contributed by atoms with Crippen molar-refractivity contribution < 1.29 is 19.1 Å². The summed E-state index contributed by atoms with van der Waals surface area (Å²) in [5.41, 5.74) is 1.79. The van der Waals surface area contributed by atoms with Crippen molar-refractivity contribution in [2.75, 3.05) is 18.5 Å². The molecule has 1 saturated carbocycles. The van der Waals surface area contributed by atoms with Gasteiger partial charge in [0, 0.05) is 11.3 Å². The number of ether oxygens (including phenoxy) is 2. The van der Waals surface area contributed by atoms with Crippen LogP contribution in [0.25, 0.3) is 0 Å². The zero-order chi connectivity index (χ0) is 18.1. The first-order valence-corrected chi connectivity index (χ1v) is 8.66. The summed E-state index contributed by atoms with van der Waals surface area (Å²) in [5, 5.41) is 5.86. The van der Waals surface area contributed by atoms with Crippen LogP contribution >= 0.6 is 0 Å². The van der Waals surface area contributed by atoms with Gasteiger partial charge in [-0.2, -0.15) is 0 Å². The van der Waals surface area contributed by atoms with E-state index < -0.39 is 0 Å². The summed E-state index contributed by atoms with van der Waals surface area (Å²) < 4.78 is 11.2. The quantitative estimate of drug-likeness (QED) is 0.826. The molecule has 134 valence electrons. The molecule has 2 aliphatic rings. The molecule has 1 aliphatic carbocycles. The van der Waals surface area contributed by atoms with E-state index in [1.165, 1.54) is 6.92 Å². The summed E-state index contributed by atoms with van der Waals surface area (Å²) in [6, 6.07) is 12.4. The van der Waals surface area contributed by atoms with E-state index in [4.69, 9.17) is 9.47 Å². The van der Waals surface area contributed by atoms with Crippen molar-refractivity contribution in [1.82, 2.24) is 5.32 Å². The minimum absolute atomic E-state index is 0.0380. The number of fused-ring (bicyclic) bond motifs is 1. The highest BCUT2D eigenvalue weighted by molar-refractivity contribution is 5.96. The smallest absolute Gasteiger partial charge is 0.319 e. The highest BCUT2D eigenvalue weighted by Crippen LogP contribution is 2.47. The number of urea groups is 1. The highest BCUT2D eigenvalue weighted by Gasteiger charge is 2.46. The average Bonchev–Trinajstić information content (AvgIpc) is 3.42. The molecule has 2 aromatic rings. The average molecular weight is 352 g/mol. The molecular formula is C20H20N2O4. The van der Waals surface area contributed by atoms with Crippen molar-refractivity contribution in [2.24, 2.45) is 0 Å². The predicted octanol–water partition coefficient (Wildman–Crippen LogP) is 3.47. The van der Waals surface area contributed by atoms with E-state index in [0.29, 0.717) is 24.5 Å². The molecule has 0 aromatic heterocycles. The van der Waals surface area contributed by atoms with Crippen LogP contribution in [0.15, 0.2) is 42.5 Å². The maximum atomic E-state index is 12.4. The van der Waals surface area contributed by atoms with Gasteiger partial charge in [-0.3, -0.25) is 4.79 Å². The zero-order valence-corrected chi connectivity index (χ0v) is 14.5. The lowest BCUT2D eigenvalue weighted by Crippen LogP contribution is -2.38. The normalized spacial score (nSPS) is 16.5. The second kappa shape index (κ2) is 6.37. The van der Waals surface area contributed by atoms with Gasteiger partial charge in [0.15, 0.2) is 17.3 Å². The van der Waals surface area contributed by atoms with Crippen LogP contribution in [0.1, 0.15) is 35.7 Å². The molecule has 0 saturated heterocycles. The number of nitrogens with one attached hydrogen (secondary N) is 2. The number of Topliss-reactive ketones (excluding diaryl/α,β-unsaturated/α-hetero) is 1. The highest BCUT2D eigenvalue weighted by atomic mass is 16.6. The molecule has 0 bridgehead atoms. The predicted molar refractivity (Wildman–Crippen MR) is 96.9 cm³/mol. The molecule has 2 N–H and O–H groups in total. The van der Waals surface area contributed by atoms with Crippen LogP contribution in [-0.4, -0.2) is 25.0 Å². The van der Waals surface area contributed by atoms with Gasteiger partial charge in [0.1, 0.15) is 13.2 Å². The van der Waals surface area contributed by atoms with Crippen molar-refractivity contribution in [3.05, 3.63) is 53.6 Å². The molecule has 1 fully saturated rings. The van der Waals surface area contributed by atoms with Gasteiger partial charge in [0.05, 0.1) is 5.54 Å². The first-order valence-electron chi connectivity index (χ1n) is 8.66. The minimum atomic E-state index is -0.377. The summed E-state index contributed by atoms with van der Waals surface area (Å²) >= 11 is 0. The maximum absolute atomic E-state index is 12.4. The van der Waals surface area contributed by atoms with E-state index in [-0.39, 0.29) is 17.4 Å². The van der Waals surface area contributed by atoms with E-state index in [1.807, 2.05) is 18.2 Å². The fourth-order valence-electron chi connectivity index (χ4n) is 3.15. The fraction of sp³-hybridized carbons (Fsp3) is 0.300. The van der Waals surface area contributed by atoms with Gasteiger partial charge >= 0.3 is 6.03 Å². The lowest BCUT2D eigenvalue weighted by molar-refractivity contribution is 0.101. The summed E-state index contributed by atoms with van der Waals surface area (Å²) in [7, 11) is 0. The number of ketones is 1. The van der Waals surface area contributed by atoms with Crippen LogP contribution < -0.4 is 20.1 Å². The van der Waals surface area contributed by atoms with Crippen molar-refractivity contribution in [1.29, 1.82) is 0 Å².